The molecule has 1 amide bonds. The molecule has 6 heteroatoms. The molecule has 0 saturated carbocycles. The van der Waals surface area contributed by atoms with Gasteiger partial charge in [0.2, 0.25) is 0 Å². The SMILES string of the molecule is CC(C)Oc1ccccc1Nc1ccc(NC(=O)c2cccs2)nc1. The average molecular weight is 353 g/mol. The minimum Gasteiger partial charge on any atom is -0.489 e. The molecular weight excluding hydrogens is 334 g/mol. The summed E-state index contributed by atoms with van der Waals surface area (Å²) < 4.78 is 5.80. The number of carbonyl (C=O) groups excluding carboxylic acids is 1. The monoisotopic (exact) mass is 353 g/mol. The molecule has 128 valence electrons. The third-order valence-electron chi connectivity index (χ3n) is 3.28. The van der Waals surface area contributed by atoms with Gasteiger partial charge in [-0.1, -0.05) is 18.2 Å². The molecule has 2 aromatic heterocycles. The Morgan fingerprint density at radius 1 is 1.12 bits per heavy atom. The molecule has 0 aliphatic rings. The first-order valence-corrected chi connectivity index (χ1v) is 8.83. The standard InChI is InChI=1S/C19H19N3O2S/c1-13(2)24-16-7-4-3-6-15(16)21-14-9-10-18(20-12-14)22-19(23)17-8-5-11-25-17/h3-13,21H,1-2H3,(H,20,22,23). The van der Waals surface area contributed by atoms with Crippen molar-refractivity contribution in [3.05, 3.63) is 65.0 Å². The van der Waals surface area contributed by atoms with Crippen molar-refractivity contribution in [3.8, 4) is 5.75 Å². The molecule has 0 spiro atoms. The van der Waals surface area contributed by atoms with E-state index in [0.717, 1.165) is 17.1 Å². The smallest absolute Gasteiger partial charge is 0.266 e. The number of thiophene rings is 1. The quantitative estimate of drug-likeness (QED) is 0.660. The Balaban J connectivity index is 1.68. The fourth-order valence-corrected chi connectivity index (χ4v) is 2.83. The first-order valence-electron chi connectivity index (χ1n) is 7.95. The summed E-state index contributed by atoms with van der Waals surface area (Å²) in [5.41, 5.74) is 1.68. The van der Waals surface area contributed by atoms with Crippen molar-refractivity contribution in [2.24, 2.45) is 0 Å². The molecular formula is C19H19N3O2S. The van der Waals surface area contributed by atoms with Gasteiger partial charge in [0.05, 0.1) is 28.6 Å². The second kappa shape index (κ2) is 7.81. The topological polar surface area (TPSA) is 63.2 Å². The molecule has 0 aliphatic heterocycles. The molecule has 25 heavy (non-hydrogen) atoms. The zero-order chi connectivity index (χ0) is 17.6. The highest BCUT2D eigenvalue weighted by molar-refractivity contribution is 7.12. The fourth-order valence-electron chi connectivity index (χ4n) is 2.21. The van der Waals surface area contributed by atoms with E-state index < -0.39 is 0 Å². The Kier molecular flexibility index (Phi) is 5.30. The number of nitrogens with zero attached hydrogens (tertiary/aromatic N) is 1. The average Bonchev–Trinajstić information content (AvgIpc) is 3.13. The third kappa shape index (κ3) is 4.58. The van der Waals surface area contributed by atoms with Crippen molar-refractivity contribution >= 4 is 34.4 Å². The molecule has 0 saturated heterocycles. The predicted molar refractivity (Wildman–Crippen MR) is 102 cm³/mol. The van der Waals surface area contributed by atoms with Gasteiger partial charge < -0.3 is 15.4 Å². The normalized spacial score (nSPS) is 10.5. The van der Waals surface area contributed by atoms with E-state index in [1.165, 1.54) is 11.3 Å². The van der Waals surface area contributed by atoms with E-state index in [0.29, 0.717) is 10.7 Å². The molecule has 2 N–H and O–H groups in total. The second-order valence-electron chi connectivity index (χ2n) is 5.65. The van der Waals surface area contributed by atoms with E-state index in [9.17, 15) is 4.79 Å². The summed E-state index contributed by atoms with van der Waals surface area (Å²) in [5.74, 6) is 1.14. The number of anilines is 3. The maximum atomic E-state index is 12.0. The molecule has 3 aromatic rings. The molecule has 0 fully saturated rings. The Morgan fingerprint density at radius 3 is 2.64 bits per heavy atom. The van der Waals surface area contributed by atoms with Crippen LogP contribution in [0.4, 0.5) is 17.2 Å². The van der Waals surface area contributed by atoms with E-state index in [4.69, 9.17) is 4.74 Å². The number of benzene rings is 1. The third-order valence-corrected chi connectivity index (χ3v) is 4.15. The molecule has 2 heterocycles. The number of hydrogen-bond acceptors (Lipinski definition) is 5. The number of para-hydroxylation sites is 2. The van der Waals surface area contributed by atoms with E-state index in [-0.39, 0.29) is 12.0 Å². The number of ether oxygens (including phenoxy) is 1. The number of carbonyl (C=O) groups is 1. The number of aromatic nitrogens is 1. The minimum absolute atomic E-state index is 0.0934. The van der Waals surface area contributed by atoms with Crippen LogP contribution in [0.1, 0.15) is 23.5 Å². The van der Waals surface area contributed by atoms with E-state index in [1.807, 2.05) is 55.6 Å². The summed E-state index contributed by atoms with van der Waals surface area (Å²) in [5, 5.41) is 7.94. The first-order chi connectivity index (χ1) is 12.1. The van der Waals surface area contributed by atoms with Crippen LogP contribution in [0.2, 0.25) is 0 Å². The minimum atomic E-state index is -0.154. The summed E-state index contributed by atoms with van der Waals surface area (Å²) in [6.45, 7) is 3.98. The van der Waals surface area contributed by atoms with Crippen molar-refractivity contribution < 1.29 is 9.53 Å². The Labute approximate surface area is 150 Å². The summed E-state index contributed by atoms with van der Waals surface area (Å²) in [6, 6.07) is 15.0. The van der Waals surface area contributed by atoms with Crippen LogP contribution < -0.4 is 15.4 Å². The molecule has 0 aliphatic carbocycles. The van der Waals surface area contributed by atoms with Crippen molar-refractivity contribution in [1.82, 2.24) is 4.98 Å². The molecule has 0 unspecified atom stereocenters. The number of amides is 1. The Morgan fingerprint density at radius 2 is 1.96 bits per heavy atom. The Hall–Kier alpha value is -2.86. The van der Waals surface area contributed by atoms with Gasteiger partial charge in [-0.15, -0.1) is 11.3 Å². The van der Waals surface area contributed by atoms with Crippen molar-refractivity contribution in [2.45, 2.75) is 20.0 Å². The zero-order valence-corrected chi connectivity index (χ0v) is 14.8. The lowest BCUT2D eigenvalue weighted by Crippen LogP contribution is -2.11. The summed E-state index contributed by atoms with van der Waals surface area (Å²) in [6.07, 6.45) is 1.77. The van der Waals surface area contributed by atoms with Crippen LogP contribution in [0.25, 0.3) is 0 Å². The van der Waals surface area contributed by atoms with Gasteiger partial charge in [0.1, 0.15) is 11.6 Å². The maximum Gasteiger partial charge on any atom is 0.266 e. The number of hydrogen-bond donors (Lipinski definition) is 2. The lowest BCUT2D eigenvalue weighted by molar-refractivity contribution is 0.103. The van der Waals surface area contributed by atoms with Crippen LogP contribution in [0.15, 0.2) is 60.1 Å². The van der Waals surface area contributed by atoms with Crippen LogP contribution in [-0.4, -0.2) is 17.0 Å². The number of pyridine rings is 1. The molecule has 0 bridgehead atoms. The van der Waals surface area contributed by atoms with E-state index >= 15 is 0 Å². The first kappa shape index (κ1) is 17.0. The van der Waals surface area contributed by atoms with Crippen LogP contribution >= 0.6 is 11.3 Å². The van der Waals surface area contributed by atoms with E-state index in [2.05, 4.69) is 15.6 Å². The number of nitrogens with one attached hydrogen (secondary N) is 2. The largest absolute Gasteiger partial charge is 0.489 e. The highest BCUT2D eigenvalue weighted by Gasteiger charge is 2.08. The summed E-state index contributed by atoms with van der Waals surface area (Å²) in [7, 11) is 0. The predicted octanol–water partition coefficient (Wildman–Crippen LogP) is 4.93. The zero-order valence-electron chi connectivity index (χ0n) is 14.0. The lowest BCUT2D eigenvalue weighted by atomic mass is 10.2. The molecule has 3 rings (SSSR count). The molecule has 1 aromatic carbocycles. The second-order valence-corrected chi connectivity index (χ2v) is 6.60. The van der Waals surface area contributed by atoms with Gasteiger partial charge >= 0.3 is 0 Å². The van der Waals surface area contributed by atoms with Gasteiger partial charge in [0.25, 0.3) is 5.91 Å². The number of rotatable bonds is 6. The van der Waals surface area contributed by atoms with Gasteiger partial charge in [-0.05, 0) is 49.6 Å². The van der Waals surface area contributed by atoms with Crippen LogP contribution in [0, 0.1) is 0 Å². The molecule has 0 radical (unpaired) electrons. The van der Waals surface area contributed by atoms with E-state index in [1.54, 1.807) is 18.3 Å². The van der Waals surface area contributed by atoms with Crippen molar-refractivity contribution in [3.63, 3.8) is 0 Å². The molecule has 5 nitrogen and oxygen atoms in total. The van der Waals surface area contributed by atoms with Gasteiger partial charge in [0.15, 0.2) is 0 Å². The van der Waals surface area contributed by atoms with Gasteiger partial charge in [-0.25, -0.2) is 4.98 Å². The van der Waals surface area contributed by atoms with Crippen LogP contribution in [-0.2, 0) is 0 Å². The van der Waals surface area contributed by atoms with Gasteiger partial charge in [-0.2, -0.15) is 0 Å². The fraction of sp³-hybridized carbons (Fsp3) is 0.158. The van der Waals surface area contributed by atoms with Crippen LogP contribution in [0.5, 0.6) is 5.75 Å². The van der Waals surface area contributed by atoms with Gasteiger partial charge in [-0.3, -0.25) is 4.79 Å². The lowest BCUT2D eigenvalue weighted by Gasteiger charge is -2.15. The highest BCUT2D eigenvalue weighted by Crippen LogP contribution is 2.28. The Bertz CT molecular complexity index is 830. The summed E-state index contributed by atoms with van der Waals surface area (Å²) in [4.78, 5) is 17.0. The van der Waals surface area contributed by atoms with Crippen molar-refractivity contribution in [2.75, 3.05) is 10.6 Å². The highest BCUT2D eigenvalue weighted by atomic mass is 32.1. The molecule has 0 atom stereocenters. The van der Waals surface area contributed by atoms with Gasteiger partial charge in [0, 0.05) is 0 Å². The summed E-state index contributed by atoms with van der Waals surface area (Å²) >= 11 is 1.40. The maximum absolute atomic E-state index is 12.0. The van der Waals surface area contributed by atoms with Crippen LogP contribution in [0.3, 0.4) is 0 Å². The van der Waals surface area contributed by atoms with Crippen molar-refractivity contribution in [1.29, 1.82) is 0 Å².